The number of esters is 1. The van der Waals surface area contributed by atoms with Crippen molar-refractivity contribution in [2.24, 2.45) is 17.8 Å². The number of carbonyl (C=O) groups excluding carboxylic acids is 2. The summed E-state index contributed by atoms with van der Waals surface area (Å²) in [7, 11) is 0. The van der Waals surface area contributed by atoms with E-state index in [4.69, 9.17) is 9.47 Å². The Balaban J connectivity index is 1.31. The van der Waals surface area contributed by atoms with Crippen molar-refractivity contribution < 1.29 is 19.1 Å². The average molecular weight is 667 g/mol. The number of ketones is 1. The van der Waals surface area contributed by atoms with Gasteiger partial charge >= 0.3 is 5.97 Å². The number of hydrogen-bond acceptors (Lipinski definition) is 4. The van der Waals surface area contributed by atoms with Crippen molar-refractivity contribution in [1.82, 2.24) is 0 Å². The fourth-order valence-corrected chi connectivity index (χ4v) is 7.42. The zero-order valence-corrected chi connectivity index (χ0v) is 31.9. The molecule has 0 amide bonds. The highest BCUT2D eigenvalue weighted by molar-refractivity contribution is 6.09. The minimum Gasteiger partial charge on any atom is -0.487 e. The SMILES string of the molecule is Cc1c(C)c2c(c(C)c1OC(=O)C(C)c1ccc(C(=O)c3ccccc3)cc1)CC[C@@](C)(CCC[C@H](C)CCC[C@H](C)CCCC(C)C)O2. The van der Waals surface area contributed by atoms with Gasteiger partial charge in [-0.2, -0.15) is 0 Å². The van der Waals surface area contributed by atoms with Gasteiger partial charge < -0.3 is 9.47 Å². The molecule has 0 aromatic heterocycles. The van der Waals surface area contributed by atoms with E-state index in [0.717, 1.165) is 70.6 Å². The molecule has 0 spiro atoms. The first-order valence-corrected chi connectivity index (χ1v) is 19.0. The Morgan fingerprint density at radius 3 is 1.92 bits per heavy atom. The zero-order chi connectivity index (χ0) is 35.7. The van der Waals surface area contributed by atoms with Gasteiger partial charge in [-0.3, -0.25) is 9.59 Å². The average Bonchev–Trinajstić information content (AvgIpc) is 3.08. The number of hydrogen-bond donors (Lipinski definition) is 0. The molecule has 4 atom stereocenters. The van der Waals surface area contributed by atoms with E-state index >= 15 is 0 Å². The van der Waals surface area contributed by atoms with Crippen LogP contribution in [0.1, 0.15) is 155 Å². The molecule has 4 rings (SSSR count). The highest BCUT2D eigenvalue weighted by atomic mass is 16.5. The van der Waals surface area contributed by atoms with E-state index < -0.39 is 5.92 Å². The monoisotopic (exact) mass is 666 g/mol. The highest BCUT2D eigenvalue weighted by Crippen LogP contribution is 2.45. The summed E-state index contributed by atoms with van der Waals surface area (Å²) in [6.07, 6.45) is 13.5. The predicted octanol–water partition coefficient (Wildman–Crippen LogP) is 12.1. The molecule has 3 aromatic rings. The van der Waals surface area contributed by atoms with Gasteiger partial charge in [0.1, 0.15) is 17.1 Å². The van der Waals surface area contributed by atoms with Crippen LogP contribution in [0.5, 0.6) is 11.5 Å². The van der Waals surface area contributed by atoms with Gasteiger partial charge in [0.25, 0.3) is 0 Å². The van der Waals surface area contributed by atoms with Crippen molar-refractivity contribution >= 4 is 11.8 Å². The molecule has 1 unspecified atom stereocenters. The molecular formula is C45H62O4. The Morgan fingerprint density at radius 1 is 0.735 bits per heavy atom. The first kappa shape index (κ1) is 38.4. The predicted molar refractivity (Wildman–Crippen MR) is 203 cm³/mol. The Morgan fingerprint density at radius 2 is 1.31 bits per heavy atom. The largest absolute Gasteiger partial charge is 0.487 e. The summed E-state index contributed by atoms with van der Waals surface area (Å²) in [6.45, 7) is 19.8. The van der Waals surface area contributed by atoms with Crippen LogP contribution in [0.15, 0.2) is 54.6 Å². The molecule has 1 aliphatic heterocycles. The summed E-state index contributed by atoms with van der Waals surface area (Å²) in [6, 6.07) is 16.5. The minimum atomic E-state index is -0.476. The lowest BCUT2D eigenvalue weighted by Gasteiger charge is -2.38. The molecule has 0 saturated heterocycles. The third-order valence-corrected chi connectivity index (χ3v) is 11.1. The van der Waals surface area contributed by atoms with E-state index in [1.165, 1.54) is 51.4 Å². The molecule has 1 aliphatic rings. The van der Waals surface area contributed by atoms with E-state index in [-0.39, 0.29) is 17.4 Å². The summed E-state index contributed by atoms with van der Waals surface area (Å²) >= 11 is 0. The molecule has 1 heterocycles. The Kier molecular flexibility index (Phi) is 13.7. The first-order valence-electron chi connectivity index (χ1n) is 19.0. The van der Waals surface area contributed by atoms with Crippen LogP contribution in [-0.4, -0.2) is 17.4 Å². The van der Waals surface area contributed by atoms with Crippen LogP contribution < -0.4 is 9.47 Å². The molecule has 0 radical (unpaired) electrons. The van der Waals surface area contributed by atoms with Crippen molar-refractivity contribution in [3.63, 3.8) is 0 Å². The molecule has 0 N–H and O–H groups in total. The number of benzene rings is 3. The molecule has 266 valence electrons. The van der Waals surface area contributed by atoms with Crippen LogP contribution in [0.4, 0.5) is 0 Å². The molecule has 0 bridgehead atoms. The van der Waals surface area contributed by atoms with Crippen LogP contribution in [0.2, 0.25) is 0 Å². The van der Waals surface area contributed by atoms with Gasteiger partial charge in [0.05, 0.1) is 5.92 Å². The van der Waals surface area contributed by atoms with E-state index in [9.17, 15) is 9.59 Å². The number of rotatable bonds is 17. The van der Waals surface area contributed by atoms with Crippen molar-refractivity contribution in [2.45, 2.75) is 144 Å². The van der Waals surface area contributed by atoms with Crippen LogP contribution in [-0.2, 0) is 11.2 Å². The normalized spacial score (nSPS) is 17.6. The first-order chi connectivity index (χ1) is 23.3. The second kappa shape index (κ2) is 17.5. The molecule has 0 saturated carbocycles. The van der Waals surface area contributed by atoms with Gasteiger partial charge in [-0.15, -0.1) is 0 Å². The van der Waals surface area contributed by atoms with Crippen molar-refractivity contribution in [2.75, 3.05) is 0 Å². The number of ether oxygens (including phenoxy) is 2. The maximum absolute atomic E-state index is 13.5. The second-order valence-electron chi connectivity index (χ2n) is 15.9. The quantitative estimate of drug-likeness (QED) is 0.0817. The maximum Gasteiger partial charge on any atom is 0.318 e. The minimum absolute atomic E-state index is 0.0331. The lowest BCUT2D eigenvalue weighted by atomic mass is 9.83. The summed E-state index contributed by atoms with van der Waals surface area (Å²) in [5, 5.41) is 0. The Hall–Kier alpha value is -3.40. The van der Waals surface area contributed by atoms with Gasteiger partial charge in [-0.05, 0) is 100 Å². The van der Waals surface area contributed by atoms with E-state index in [0.29, 0.717) is 16.9 Å². The van der Waals surface area contributed by atoms with Gasteiger partial charge in [-0.25, -0.2) is 0 Å². The maximum atomic E-state index is 13.5. The molecule has 4 heteroatoms. The van der Waals surface area contributed by atoms with Gasteiger partial charge in [-0.1, -0.05) is 127 Å². The van der Waals surface area contributed by atoms with E-state index in [1.807, 2.05) is 56.3 Å². The Labute approximate surface area is 297 Å². The van der Waals surface area contributed by atoms with Crippen LogP contribution in [0.25, 0.3) is 0 Å². The number of fused-ring (bicyclic) bond motifs is 1. The summed E-state index contributed by atoms with van der Waals surface area (Å²) < 4.78 is 13.0. The Bertz CT molecular complexity index is 1540. The molecule has 0 fully saturated rings. The summed E-state index contributed by atoms with van der Waals surface area (Å²) in [4.78, 5) is 26.3. The highest BCUT2D eigenvalue weighted by Gasteiger charge is 2.35. The fourth-order valence-electron chi connectivity index (χ4n) is 7.42. The molecular weight excluding hydrogens is 604 g/mol. The summed E-state index contributed by atoms with van der Waals surface area (Å²) in [5.41, 5.74) is 6.06. The van der Waals surface area contributed by atoms with Crippen LogP contribution in [0.3, 0.4) is 0 Å². The standard InChI is InChI=1S/C45H62O4/c1-30(2)16-13-17-31(3)18-14-19-32(4)20-15-28-45(9)29-27-40-36(8)42(33(5)34(6)43(40)49-45)48-44(47)35(7)37-23-25-39(26-24-37)41(46)38-21-11-10-12-22-38/h10-12,21-26,30-32,35H,13-20,27-29H2,1-9H3/t31-,32-,35?,45-/m1/s1. The fraction of sp³-hybridized carbons (Fsp3) is 0.556. The lowest BCUT2D eigenvalue weighted by Crippen LogP contribution is -2.37. The lowest BCUT2D eigenvalue weighted by molar-refractivity contribution is -0.135. The van der Waals surface area contributed by atoms with E-state index in [1.54, 1.807) is 12.1 Å². The van der Waals surface area contributed by atoms with Gasteiger partial charge in [0, 0.05) is 16.7 Å². The van der Waals surface area contributed by atoms with Crippen molar-refractivity contribution in [3.05, 3.63) is 93.5 Å². The zero-order valence-electron chi connectivity index (χ0n) is 31.9. The molecule has 3 aromatic carbocycles. The molecule has 4 nitrogen and oxygen atoms in total. The second-order valence-corrected chi connectivity index (χ2v) is 15.9. The van der Waals surface area contributed by atoms with E-state index in [2.05, 4.69) is 48.5 Å². The number of carbonyl (C=O) groups is 2. The van der Waals surface area contributed by atoms with Crippen molar-refractivity contribution in [1.29, 1.82) is 0 Å². The van der Waals surface area contributed by atoms with Crippen LogP contribution >= 0.6 is 0 Å². The molecule has 0 aliphatic carbocycles. The third kappa shape index (κ3) is 10.3. The third-order valence-electron chi connectivity index (χ3n) is 11.1. The topological polar surface area (TPSA) is 52.6 Å². The smallest absolute Gasteiger partial charge is 0.318 e. The summed E-state index contributed by atoms with van der Waals surface area (Å²) in [5.74, 6) is 3.24. The van der Waals surface area contributed by atoms with Crippen LogP contribution in [0, 0.1) is 38.5 Å². The molecule has 49 heavy (non-hydrogen) atoms. The van der Waals surface area contributed by atoms with Gasteiger partial charge in [0.2, 0.25) is 0 Å². The van der Waals surface area contributed by atoms with Crippen molar-refractivity contribution in [3.8, 4) is 11.5 Å². The van der Waals surface area contributed by atoms with Gasteiger partial charge in [0.15, 0.2) is 5.78 Å².